The summed E-state index contributed by atoms with van der Waals surface area (Å²) in [4.78, 5) is 0. The van der Waals surface area contributed by atoms with Gasteiger partial charge in [0.1, 0.15) is 0 Å². The molecule has 1 rings (SSSR count). The maximum atomic E-state index is 10.2. The Kier molecular flexibility index (Phi) is 10.3. The summed E-state index contributed by atoms with van der Waals surface area (Å²) in [7, 11) is -1.59. The first-order valence-electron chi connectivity index (χ1n) is 5.55. The van der Waals surface area contributed by atoms with Crippen LogP contribution in [0.4, 0.5) is 13.2 Å². The number of halogens is 3. The summed E-state index contributed by atoms with van der Waals surface area (Å²) in [6.45, 7) is 5.46. The fraction of sp³-hybridized carbons (Fsp3) is 0.333. The van der Waals surface area contributed by atoms with Crippen LogP contribution < -0.4 is 5.19 Å². The van der Waals surface area contributed by atoms with E-state index in [9.17, 15) is 13.2 Å². The highest BCUT2D eigenvalue weighted by molar-refractivity contribution is 6.61. The molecule has 0 N–H and O–H groups in total. The molecule has 0 aromatic heterocycles. The van der Waals surface area contributed by atoms with E-state index in [0.29, 0.717) is 0 Å². The molecule has 0 saturated heterocycles. The average Bonchev–Trinajstić information content (AvgIpc) is 2.40. The van der Waals surface area contributed by atoms with Crippen molar-refractivity contribution in [2.75, 3.05) is 13.2 Å². The zero-order valence-corrected chi connectivity index (χ0v) is 11.6. The van der Waals surface area contributed by atoms with Gasteiger partial charge in [0.05, 0.1) is 0 Å². The average molecular weight is 278 g/mol. The predicted octanol–water partition coefficient (Wildman–Crippen LogP) is 2.88. The number of hydrogen-bond donors (Lipinski definition) is 0. The Balaban J connectivity index is 0.000000494. The van der Waals surface area contributed by atoms with Crippen molar-refractivity contribution in [3.8, 4) is 0 Å². The van der Waals surface area contributed by atoms with E-state index in [2.05, 4.69) is 12.1 Å². The SMILES string of the molecule is CCO[SiH](OCC)c1ccccc1.FC=C(F)F. The van der Waals surface area contributed by atoms with Crippen LogP contribution in [-0.2, 0) is 8.85 Å². The van der Waals surface area contributed by atoms with E-state index in [1.54, 1.807) is 0 Å². The molecule has 0 amide bonds. The predicted molar refractivity (Wildman–Crippen MR) is 67.9 cm³/mol. The first kappa shape index (κ1) is 16.9. The van der Waals surface area contributed by atoms with Gasteiger partial charge in [-0.15, -0.1) is 0 Å². The van der Waals surface area contributed by atoms with E-state index in [1.807, 2.05) is 32.0 Å². The van der Waals surface area contributed by atoms with Crippen molar-refractivity contribution >= 4 is 14.5 Å². The lowest BCUT2D eigenvalue weighted by Gasteiger charge is -2.14. The Morgan fingerprint density at radius 2 is 1.56 bits per heavy atom. The molecule has 0 unspecified atom stereocenters. The summed E-state index contributed by atoms with van der Waals surface area (Å²) >= 11 is 0. The van der Waals surface area contributed by atoms with Crippen LogP contribution in [0, 0.1) is 0 Å². The van der Waals surface area contributed by atoms with Gasteiger partial charge in [0, 0.05) is 13.2 Å². The van der Waals surface area contributed by atoms with Crippen LogP contribution in [0.2, 0.25) is 0 Å². The van der Waals surface area contributed by atoms with Gasteiger partial charge in [-0.3, -0.25) is 0 Å². The summed E-state index contributed by atoms with van der Waals surface area (Å²) in [5, 5.41) is 1.21. The lowest BCUT2D eigenvalue weighted by Crippen LogP contribution is -2.36. The van der Waals surface area contributed by atoms with Gasteiger partial charge in [-0.1, -0.05) is 30.3 Å². The zero-order valence-electron chi connectivity index (χ0n) is 10.4. The second kappa shape index (κ2) is 11.0. The third kappa shape index (κ3) is 8.05. The molecular weight excluding hydrogens is 261 g/mol. The fourth-order valence-corrected chi connectivity index (χ4v) is 2.78. The third-order valence-electron chi connectivity index (χ3n) is 1.79. The molecule has 1 aromatic carbocycles. The smallest absolute Gasteiger partial charge is 0.355 e. The van der Waals surface area contributed by atoms with Gasteiger partial charge in [0.15, 0.2) is 6.33 Å². The highest BCUT2D eigenvalue weighted by Crippen LogP contribution is 1.94. The Morgan fingerprint density at radius 3 is 1.89 bits per heavy atom. The van der Waals surface area contributed by atoms with E-state index in [-0.39, 0.29) is 0 Å². The van der Waals surface area contributed by atoms with Gasteiger partial charge >= 0.3 is 9.28 Å². The number of benzene rings is 1. The number of rotatable bonds is 5. The van der Waals surface area contributed by atoms with Crippen molar-refractivity contribution < 1.29 is 22.0 Å². The molecular formula is C12H17F3O2Si. The van der Waals surface area contributed by atoms with Crippen molar-refractivity contribution in [1.29, 1.82) is 0 Å². The van der Waals surface area contributed by atoms with Crippen LogP contribution in [0.5, 0.6) is 0 Å². The molecule has 1 aromatic rings. The second-order valence-corrected chi connectivity index (χ2v) is 5.05. The Bertz CT molecular complexity index is 323. The topological polar surface area (TPSA) is 18.5 Å². The van der Waals surface area contributed by atoms with Crippen LogP contribution in [0.25, 0.3) is 0 Å². The molecule has 6 heteroatoms. The molecule has 0 aliphatic heterocycles. The van der Waals surface area contributed by atoms with Crippen molar-refractivity contribution in [1.82, 2.24) is 0 Å². The van der Waals surface area contributed by atoms with Crippen molar-refractivity contribution in [3.05, 3.63) is 42.7 Å². The molecule has 0 saturated carbocycles. The molecule has 0 aliphatic carbocycles. The van der Waals surface area contributed by atoms with Gasteiger partial charge in [-0.05, 0) is 19.0 Å². The quantitative estimate of drug-likeness (QED) is 0.771. The second-order valence-electron chi connectivity index (χ2n) is 3.05. The molecule has 0 radical (unpaired) electrons. The van der Waals surface area contributed by atoms with Crippen LogP contribution in [0.15, 0.2) is 42.7 Å². The summed E-state index contributed by atoms with van der Waals surface area (Å²) in [6.07, 6.45) is -3.04. The third-order valence-corrected chi connectivity index (χ3v) is 3.99. The zero-order chi connectivity index (χ0) is 13.8. The minimum atomic E-state index is -2.29. The molecule has 0 aliphatic rings. The first-order chi connectivity index (χ1) is 8.65. The van der Waals surface area contributed by atoms with Gasteiger partial charge < -0.3 is 8.85 Å². The Hall–Kier alpha value is -1.11. The molecule has 2 nitrogen and oxygen atoms in total. The molecule has 0 fully saturated rings. The van der Waals surface area contributed by atoms with Crippen molar-refractivity contribution in [3.63, 3.8) is 0 Å². The summed E-state index contributed by atoms with van der Waals surface area (Å²) in [6, 6.07) is 10.2. The lowest BCUT2D eigenvalue weighted by atomic mass is 10.4. The van der Waals surface area contributed by atoms with E-state index >= 15 is 0 Å². The molecule has 0 heterocycles. The number of hydrogen-bond acceptors (Lipinski definition) is 2. The summed E-state index contributed by atoms with van der Waals surface area (Å²) in [5.41, 5.74) is 0. The highest BCUT2D eigenvalue weighted by atomic mass is 28.3. The summed E-state index contributed by atoms with van der Waals surface area (Å²) < 4.78 is 41.9. The van der Waals surface area contributed by atoms with E-state index in [1.165, 1.54) is 5.19 Å². The maximum Gasteiger partial charge on any atom is 0.355 e. The fourth-order valence-electron chi connectivity index (χ4n) is 1.15. The lowest BCUT2D eigenvalue weighted by molar-refractivity contribution is 0.225. The van der Waals surface area contributed by atoms with Crippen LogP contribution in [0.1, 0.15) is 13.8 Å². The summed E-state index contributed by atoms with van der Waals surface area (Å²) in [5.74, 6) is 0. The molecule has 18 heavy (non-hydrogen) atoms. The van der Waals surface area contributed by atoms with Crippen LogP contribution in [-0.4, -0.2) is 22.5 Å². The van der Waals surface area contributed by atoms with Gasteiger partial charge in [-0.2, -0.15) is 8.78 Å². The Labute approximate surface area is 107 Å². The van der Waals surface area contributed by atoms with Crippen molar-refractivity contribution in [2.45, 2.75) is 13.8 Å². The molecule has 0 spiro atoms. The maximum absolute atomic E-state index is 10.2. The molecule has 0 atom stereocenters. The highest BCUT2D eigenvalue weighted by Gasteiger charge is 2.13. The van der Waals surface area contributed by atoms with Gasteiger partial charge in [0.25, 0.3) is 6.08 Å². The first-order valence-corrected chi connectivity index (χ1v) is 7.07. The largest absolute Gasteiger partial charge is 0.394 e. The van der Waals surface area contributed by atoms with E-state index < -0.39 is 21.7 Å². The van der Waals surface area contributed by atoms with Crippen molar-refractivity contribution in [2.24, 2.45) is 0 Å². The van der Waals surface area contributed by atoms with Gasteiger partial charge in [0.2, 0.25) is 0 Å². The monoisotopic (exact) mass is 278 g/mol. The Morgan fingerprint density at radius 1 is 1.11 bits per heavy atom. The van der Waals surface area contributed by atoms with Crippen LogP contribution in [0.3, 0.4) is 0 Å². The van der Waals surface area contributed by atoms with Crippen LogP contribution >= 0.6 is 0 Å². The molecule has 102 valence electrons. The standard InChI is InChI=1S/C10H16O2Si.C2HF3/c1-3-11-13(12-4-2)10-8-6-5-7-9-10;3-1-2(4)5/h5-9,13H,3-4H2,1-2H3;1H. The minimum absolute atomic E-state index is 0.728. The normalized spacial score (nSPS) is 9.67. The minimum Gasteiger partial charge on any atom is -0.394 e. The van der Waals surface area contributed by atoms with E-state index in [4.69, 9.17) is 8.85 Å². The van der Waals surface area contributed by atoms with E-state index in [0.717, 1.165) is 13.2 Å². The van der Waals surface area contributed by atoms with Gasteiger partial charge in [-0.25, -0.2) is 4.39 Å². The molecule has 0 bridgehead atoms.